The second-order valence-corrected chi connectivity index (χ2v) is 5.93. The molecule has 96 valence electrons. The van der Waals surface area contributed by atoms with Crippen LogP contribution in [0.1, 0.15) is 28.7 Å². The third-order valence-electron chi connectivity index (χ3n) is 2.67. The van der Waals surface area contributed by atoms with Crippen LogP contribution in [0.5, 0.6) is 0 Å². The molecule has 0 spiro atoms. The van der Waals surface area contributed by atoms with Gasteiger partial charge < -0.3 is 10.0 Å². The third kappa shape index (κ3) is 3.35. The zero-order valence-corrected chi connectivity index (χ0v) is 12.2. The number of carboxylic acid groups (broad SMARTS) is 1. The van der Waals surface area contributed by atoms with E-state index in [2.05, 4.69) is 23.1 Å². The molecular weight excluding hydrogens is 256 g/mol. The normalized spacial score (nSPS) is 12.5. The fourth-order valence-corrected chi connectivity index (χ4v) is 3.36. The second kappa shape index (κ2) is 6.26. The van der Waals surface area contributed by atoms with Gasteiger partial charge in [0.25, 0.3) is 0 Å². The summed E-state index contributed by atoms with van der Waals surface area (Å²) in [5.41, 5.74) is 0.177. The number of hydrogen-bond acceptors (Lipinski definition) is 5. The maximum absolute atomic E-state index is 10.9. The number of aryl methyl sites for hydroxylation is 1. The van der Waals surface area contributed by atoms with Gasteiger partial charge in [-0.25, -0.2) is 9.78 Å². The summed E-state index contributed by atoms with van der Waals surface area (Å²) in [6, 6.07) is 0.400. The fraction of sp³-hybridized carbons (Fsp3) is 0.636. The number of carbonyl (C=O) groups is 1. The topological polar surface area (TPSA) is 53.4 Å². The number of nitrogens with zero attached hydrogens (tertiary/aromatic N) is 2. The van der Waals surface area contributed by atoms with Crippen molar-refractivity contribution in [2.75, 3.05) is 24.0 Å². The number of aromatic carboxylic acids is 1. The van der Waals surface area contributed by atoms with Gasteiger partial charge in [-0.05, 0) is 19.6 Å². The molecule has 1 aromatic heterocycles. The summed E-state index contributed by atoms with van der Waals surface area (Å²) in [5, 5.41) is 9.77. The maximum atomic E-state index is 10.9. The first-order valence-corrected chi connectivity index (χ1v) is 7.64. The number of rotatable bonds is 6. The lowest BCUT2D eigenvalue weighted by molar-refractivity contribution is 0.0690. The van der Waals surface area contributed by atoms with Crippen molar-refractivity contribution in [2.45, 2.75) is 26.3 Å². The predicted molar refractivity (Wildman–Crippen MR) is 74.7 cm³/mol. The van der Waals surface area contributed by atoms with Crippen LogP contribution in [-0.2, 0) is 0 Å². The lowest BCUT2D eigenvalue weighted by atomic mass is 10.2. The molecule has 0 fully saturated rings. The molecule has 1 unspecified atom stereocenters. The van der Waals surface area contributed by atoms with E-state index >= 15 is 0 Å². The molecule has 1 aromatic rings. The van der Waals surface area contributed by atoms with Crippen LogP contribution < -0.4 is 4.90 Å². The Morgan fingerprint density at radius 1 is 1.65 bits per heavy atom. The highest BCUT2D eigenvalue weighted by Crippen LogP contribution is 2.27. The molecule has 0 aromatic carbocycles. The predicted octanol–water partition coefficient (Wildman–Crippen LogP) is 2.73. The van der Waals surface area contributed by atoms with Crippen LogP contribution in [0.4, 0.5) is 5.13 Å². The summed E-state index contributed by atoms with van der Waals surface area (Å²) < 4.78 is 0. The van der Waals surface area contributed by atoms with Crippen molar-refractivity contribution in [1.82, 2.24) is 4.98 Å². The first-order chi connectivity index (χ1) is 8.01. The Bertz CT molecular complexity index is 393. The van der Waals surface area contributed by atoms with E-state index in [4.69, 9.17) is 5.11 Å². The molecule has 0 bridgehead atoms. The molecule has 0 aliphatic carbocycles. The monoisotopic (exact) mass is 274 g/mol. The second-order valence-electron chi connectivity index (χ2n) is 3.83. The van der Waals surface area contributed by atoms with E-state index in [1.807, 2.05) is 7.05 Å². The number of carboxylic acids is 1. The standard InChI is InChI=1S/C11H18N2O2S2/c1-5-8(6-16-4)13(3)11-12-9(10(14)15)7(2)17-11/h8H,5-6H2,1-4H3,(H,14,15). The Balaban J connectivity index is 2.91. The first kappa shape index (κ1) is 14.3. The van der Waals surface area contributed by atoms with E-state index in [0.717, 1.165) is 22.2 Å². The van der Waals surface area contributed by atoms with E-state index in [1.54, 1.807) is 18.7 Å². The Labute approximate surface area is 110 Å². The van der Waals surface area contributed by atoms with Crippen molar-refractivity contribution in [2.24, 2.45) is 0 Å². The van der Waals surface area contributed by atoms with Gasteiger partial charge in [-0.1, -0.05) is 6.92 Å². The summed E-state index contributed by atoms with van der Waals surface area (Å²) in [5.74, 6) is 0.0740. The average Bonchev–Trinajstić information content (AvgIpc) is 2.67. The summed E-state index contributed by atoms with van der Waals surface area (Å²) >= 11 is 3.24. The van der Waals surface area contributed by atoms with Crippen molar-refractivity contribution >= 4 is 34.2 Å². The number of hydrogen-bond donors (Lipinski definition) is 1. The molecule has 0 aliphatic rings. The molecule has 1 heterocycles. The zero-order valence-electron chi connectivity index (χ0n) is 10.6. The van der Waals surface area contributed by atoms with Crippen LogP contribution >= 0.6 is 23.1 Å². The number of thioether (sulfide) groups is 1. The minimum atomic E-state index is -0.948. The van der Waals surface area contributed by atoms with E-state index in [9.17, 15) is 4.79 Å². The van der Waals surface area contributed by atoms with Crippen LogP contribution in [-0.4, -0.2) is 41.2 Å². The molecule has 1 N–H and O–H groups in total. The Hall–Kier alpha value is -0.750. The number of aromatic nitrogens is 1. The van der Waals surface area contributed by atoms with Gasteiger partial charge in [-0.3, -0.25) is 0 Å². The van der Waals surface area contributed by atoms with Crippen molar-refractivity contribution in [3.8, 4) is 0 Å². The van der Waals surface area contributed by atoms with Gasteiger partial charge in [0.1, 0.15) is 0 Å². The third-order valence-corrected chi connectivity index (χ3v) is 4.45. The van der Waals surface area contributed by atoms with Gasteiger partial charge in [0.2, 0.25) is 0 Å². The van der Waals surface area contributed by atoms with E-state index in [1.165, 1.54) is 11.3 Å². The van der Waals surface area contributed by atoms with E-state index < -0.39 is 5.97 Å². The lowest BCUT2D eigenvalue weighted by Crippen LogP contribution is -2.33. The minimum Gasteiger partial charge on any atom is -0.476 e. The molecule has 1 rings (SSSR count). The molecule has 17 heavy (non-hydrogen) atoms. The molecule has 6 heteroatoms. The van der Waals surface area contributed by atoms with Crippen molar-refractivity contribution in [3.63, 3.8) is 0 Å². The molecule has 0 saturated carbocycles. The van der Waals surface area contributed by atoms with Gasteiger partial charge in [0, 0.05) is 23.7 Å². The quantitative estimate of drug-likeness (QED) is 0.864. The summed E-state index contributed by atoms with van der Waals surface area (Å²) in [4.78, 5) is 18.0. The van der Waals surface area contributed by atoms with Crippen LogP contribution in [0, 0.1) is 6.92 Å². The van der Waals surface area contributed by atoms with E-state index in [0.29, 0.717) is 6.04 Å². The SMILES string of the molecule is CCC(CSC)N(C)c1nc(C(=O)O)c(C)s1. The van der Waals surface area contributed by atoms with Crippen molar-refractivity contribution < 1.29 is 9.90 Å². The molecule has 4 nitrogen and oxygen atoms in total. The first-order valence-electron chi connectivity index (χ1n) is 5.43. The zero-order chi connectivity index (χ0) is 13.0. The van der Waals surface area contributed by atoms with Crippen LogP contribution in [0.15, 0.2) is 0 Å². The molecular formula is C11H18N2O2S2. The smallest absolute Gasteiger partial charge is 0.355 e. The van der Waals surface area contributed by atoms with Crippen LogP contribution in [0.2, 0.25) is 0 Å². The molecule has 0 amide bonds. The lowest BCUT2D eigenvalue weighted by Gasteiger charge is -2.26. The average molecular weight is 274 g/mol. The van der Waals surface area contributed by atoms with Crippen LogP contribution in [0.25, 0.3) is 0 Å². The van der Waals surface area contributed by atoms with Crippen molar-refractivity contribution in [3.05, 3.63) is 10.6 Å². The number of anilines is 1. The van der Waals surface area contributed by atoms with Gasteiger partial charge in [-0.15, -0.1) is 11.3 Å². The van der Waals surface area contributed by atoms with Crippen molar-refractivity contribution in [1.29, 1.82) is 0 Å². The molecule has 0 saturated heterocycles. The van der Waals surface area contributed by atoms with Gasteiger partial charge >= 0.3 is 5.97 Å². The molecule has 1 atom stereocenters. The highest BCUT2D eigenvalue weighted by atomic mass is 32.2. The highest BCUT2D eigenvalue weighted by molar-refractivity contribution is 7.98. The Kier molecular flexibility index (Phi) is 5.27. The highest BCUT2D eigenvalue weighted by Gasteiger charge is 2.20. The van der Waals surface area contributed by atoms with Gasteiger partial charge in [0.05, 0.1) is 0 Å². The Morgan fingerprint density at radius 2 is 2.29 bits per heavy atom. The fourth-order valence-electron chi connectivity index (χ4n) is 1.58. The molecule has 0 aliphatic heterocycles. The minimum absolute atomic E-state index is 0.177. The van der Waals surface area contributed by atoms with Crippen LogP contribution in [0.3, 0.4) is 0 Å². The summed E-state index contributed by atoms with van der Waals surface area (Å²) in [7, 11) is 1.98. The van der Waals surface area contributed by atoms with Gasteiger partial charge in [-0.2, -0.15) is 11.8 Å². The summed E-state index contributed by atoms with van der Waals surface area (Å²) in [6.45, 7) is 3.93. The largest absolute Gasteiger partial charge is 0.476 e. The van der Waals surface area contributed by atoms with E-state index in [-0.39, 0.29) is 5.69 Å². The Morgan fingerprint density at radius 3 is 2.71 bits per heavy atom. The maximum Gasteiger partial charge on any atom is 0.355 e. The number of thiazole rings is 1. The summed E-state index contributed by atoms with van der Waals surface area (Å²) in [6.07, 6.45) is 3.10. The van der Waals surface area contributed by atoms with Gasteiger partial charge in [0.15, 0.2) is 10.8 Å². The molecule has 0 radical (unpaired) electrons.